The van der Waals surface area contributed by atoms with Crippen LogP contribution >= 0.6 is 11.8 Å². The van der Waals surface area contributed by atoms with Crippen molar-refractivity contribution in [2.24, 2.45) is 4.99 Å². The Morgan fingerprint density at radius 2 is 2.50 bits per heavy atom. The molecular weight excluding hydrogens is 144 g/mol. The molecule has 1 N–H and O–H groups in total. The maximum atomic E-state index is 4.37. The van der Waals surface area contributed by atoms with Gasteiger partial charge in [0.2, 0.25) is 0 Å². The summed E-state index contributed by atoms with van der Waals surface area (Å²) in [6, 6.07) is 0.546. The van der Waals surface area contributed by atoms with Gasteiger partial charge in [0, 0.05) is 6.04 Å². The van der Waals surface area contributed by atoms with Gasteiger partial charge >= 0.3 is 0 Å². The van der Waals surface area contributed by atoms with Crippen LogP contribution < -0.4 is 5.32 Å². The van der Waals surface area contributed by atoms with E-state index in [4.69, 9.17) is 0 Å². The molecular formula is C7H14N2S. The molecule has 58 valence electrons. The fourth-order valence-corrected chi connectivity index (χ4v) is 1.30. The van der Waals surface area contributed by atoms with Gasteiger partial charge in [-0.2, -0.15) is 11.8 Å². The van der Waals surface area contributed by atoms with E-state index in [0.717, 1.165) is 6.54 Å². The van der Waals surface area contributed by atoms with E-state index in [0.29, 0.717) is 11.3 Å². The van der Waals surface area contributed by atoms with Gasteiger partial charge in [-0.25, -0.2) is 0 Å². The van der Waals surface area contributed by atoms with Crippen LogP contribution in [0.1, 0.15) is 13.8 Å². The summed E-state index contributed by atoms with van der Waals surface area (Å²) in [6.07, 6.45) is 2.11. The minimum atomic E-state index is 0.532. The molecule has 1 aliphatic heterocycles. The summed E-state index contributed by atoms with van der Waals surface area (Å²) in [5, 5.41) is 3.87. The van der Waals surface area contributed by atoms with E-state index in [2.05, 4.69) is 30.4 Å². The number of nitrogens with one attached hydrogen (secondary N) is 1. The van der Waals surface area contributed by atoms with Crippen LogP contribution in [0.3, 0.4) is 0 Å². The van der Waals surface area contributed by atoms with Crippen molar-refractivity contribution < 1.29 is 0 Å². The zero-order chi connectivity index (χ0) is 7.56. The molecule has 2 nitrogen and oxygen atoms in total. The fourth-order valence-electron chi connectivity index (χ4n) is 0.937. The Bertz CT molecular complexity index is 145. The van der Waals surface area contributed by atoms with Crippen LogP contribution in [-0.4, -0.2) is 29.9 Å². The van der Waals surface area contributed by atoms with Gasteiger partial charge in [0.05, 0.1) is 11.8 Å². The molecule has 0 aliphatic carbocycles. The zero-order valence-electron chi connectivity index (χ0n) is 6.72. The van der Waals surface area contributed by atoms with E-state index in [1.165, 1.54) is 5.84 Å². The standard InChI is InChI=1S/C7H14N2S/c1-5-4-8-7(9-5)6(2)10-3/h5-6H,4H2,1-3H3,(H,8,9). The molecule has 0 aromatic carbocycles. The third kappa shape index (κ3) is 1.66. The first-order valence-electron chi connectivity index (χ1n) is 3.57. The second kappa shape index (κ2) is 3.28. The van der Waals surface area contributed by atoms with Crippen molar-refractivity contribution in [3.63, 3.8) is 0 Å². The molecule has 0 amide bonds. The number of hydrogen-bond acceptors (Lipinski definition) is 3. The van der Waals surface area contributed by atoms with E-state index in [9.17, 15) is 0 Å². The van der Waals surface area contributed by atoms with Gasteiger partial charge in [-0.15, -0.1) is 0 Å². The summed E-state index contributed by atoms with van der Waals surface area (Å²) in [5.41, 5.74) is 0. The van der Waals surface area contributed by atoms with E-state index in [-0.39, 0.29) is 0 Å². The van der Waals surface area contributed by atoms with Crippen molar-refractivity contribution in [3.05, 3.63) is 0 Å². The first-order chi connectivity index (χ1) is 4.74. The highest BCUT2D eigenvalue weighted by Crippen LogP contribution is 2.09. The summed E-state index contributed by atoms with van der Waals surface area (Å²) >= 11 is 1.83. The summed E-state index contributed by atoms with van der Waals surface area (Å²) in [5.74, 6) is 1.17. The number of rotatable bonds is 2. The number of hydrogen-bond donors (Lipinski definition) is 1. The predicted molar refractivity (Wildman–Crippen MR) is 47.9 cm³/mol. The van der Waals surface area contributed by atoms with Crippen molar-refractivity contribution in [1.29, 1.82) is 0 Å². The predicted octanol–water partition coefficient (Wildman–Crippen LogP) is 1.13. The smallest absolute Gasteiger partial charge is 0.110 e. The van der Waals surface area contributed by atoms with Crippen LogP contribution in [0.15, 0.2) is 4.99 Å². The third-order valence-corrected chi connectivity index (χ3v) is 2.60. The highest BCUT2D eigenvalue weighted by Gasteiger charge is 2.16. The van der Waals surface area contributed by atoms with Crippen molar-refractivity contribution in [2.75, 3.05) is 12.8 Å². The Morgan fingerprint density at radius 1 is 1.80 bits per heavy atom. The summed E-state index contributed by atoms with van der Waals surface area (Å²) in [4.78, 5) is 4.37. The molecule has 1 aliphatic rings. The highest BCUT2D eigenvalue weighted by molar-refractivity contribution is 7.99. The van der Waals surface area contributed by atoms with Crippen LogP contribution in [0.25, 0.3) is 0 Å². The van der Waals surface area contributed by atoms with Crippen molar-refractivity contribution in [2.45, 2.75) is 25.1 Å². The Hall–Kier alpha value is -0.180. The first kappa shape index (κ1) is 7.92. The maximum absolute atomic E-state index is 4.37. The lowest BCUT2D eigenvalue weighted by Crippen LogP contribution is -2.32. The average Bonchev–Trinajstić information content (AvgIpc) is 2.34. The van der Waals surface area contributed by atoms with Gasteiger partial charge in [0.15, 0.2) is 0 Å². The lowest BCUT2D eigenvalue weighted by molar-refractivity contribution is 0.723. The Balaban J connectivity index is 2.43. The second-order valence-corrected chi connectivity index (χ2v) is 3.83. The Labute approximate surface area is 66.5 Å². The molecule has 3 heteroatoms. The van der Waals surface area contributed by atoms with Crippen LogP contribution in [0.2, 0.25) is 0 Å². The maximum Gasteiger partial charge on any atom is 0.110 e. The van der Waals surface area contributed by atoms with Gasteiger partial charge < -0.3 is 5.32 Å². The molecule has 1 rings (SSSR count). The minimum Gasteiger partial charge on any atom is -0.369 e. The van der Waals surface area contributed by atoms with Gasteiger partial charge in [-0.1, -0.05) is 0 Å². The molecule has 0 aromatic rings. The summed E-state index contributed by atoms with van der Waals surface area (Å²) in [7, 11) is 0. The monoisotopic (exact) mass is 158 g/mol. The lowest BCUT2D eigenvalue weighted by Gasteiger charge is -2.10. The van der Waals surface area contributed by atoms with Gasteiger partial charge in [0.25, 0.3) is 0 Å². The molecule has 0 spiro atoms. The molecule has 2 unspecified atom stereocenters. The first-order valence-corrected chi connectivity index (χ1v) is 4.86. The van der Waals surface area contributed by atoms with E-state index >= 15 is 0 Å². The van der Waals surface area contributed by atoms with Crippen molar-refractivity contribution >= 4 is 17.6 Å². The normalized spacial score (nSPS) is 27.5. The van der Waals surface area contributed by atoms with Crippen molar-refractivity contribution in [1.82, 2.24) is 5.32 Å². The SMILES string of the molecule is CSC(C)C1=NCC(C)N1. The minimum absolute atomic E-state index is 0.532. The van der Waals surface area contributed by atoms with Crippen molar-refractivity contribution in [3.8, 4) is 0 Å². The average molecular weight is 158 g/mol. The molecule has 1 heterocycles. The largest absolute Gasteiger partial charge is 0.369 e. The molecule has 0 aromatic heterocycles. The number of thioether (sulfide) groups is 1. The summed E-state index contributed by atoms with van der Waals surface area (Å²) in [6.45, 7) is 5.28. The quantitative estimate of drug-likeness (QED) is 0.651. The molecule has 2 atom stereocenters. The van der Waals surface area contributed by atoms with Gasteiger partial charge in [-0.05, 0) is 20.1 Å². The number of aliphatic imine (C=N–C) groups is 1. The molecule has 0 bridgehead atoms. The van der Waals surface area contributed by atoms with E-state index in [1.807, 2.05) is 11.8 Å². The lowest BCUT2D eigenvalue weighted by atomic mass is 10.3. The zero-order valence-corrected chi connectivity index (χ0v) is 7.53. The van der Waals surface area contributed by atoms with Gasteiger partial charge in [0.1, 0.15) is 5.84 Å². The molecule has 10 heavy (non-hydrogen) atoms. The second-order valence-electron chi connectivity index (χ2n) is 2.65. The Morgan fingerprint density at radius 3 is 2.90 bits per heavy atom. The molecule has 0 fully saturated rings. The Kier molecular flexibility index (Phi) is 2.60. The van der Waals surface area contributed by atoms with E-state index < -0.39 is 0 Å². The topological polar surface area (TPSA) is 24.4 Å². The molecule has 0 radical (unpaired) electrons. The number of amidine groups is 1. The van der Waals surface area contributed by atoms with Crippen LogP contribution in [-0.2, 0) is 0 Å². The third-order valence-electron chi connectivity index (χ3n) is 1.67. The fraction of sp³-hybridized carbons (Fsp3) is 0.857. The summed E-state index contributed by atoms with van der Waals surface area (Å²) < 4.78 is 0. The van der Waals surface area contributed by atoms with Crippen LogP contribution in [0.5, 0.6) is 0 Å². The molecule has 0 saturated carbocycles. The number of nitrogens with zero attached hydrogens (tertiary/aromatic N) is 1. The van der Waals surface area contributed by atoms with Crippen LogP contribution in [0, 0.1) is 0 Å². The molecule has 0 saturated heterocycles. The highest BCUT2D eigenvalue weighted by atomic mass is 32.2. The van der Waals surface area contributed by atoms with E-state index in [1.54, 1.807) is 0 Å². The van der Waals surface area contributed by atoms with Gasteiger partial charge in [-0.3, -0.25) is 4.99 Å². The van der Waals surface area contributed by atoms with Crippen LogP contribution in [0.4, 0.5) is 0 Å².